The Hall–Kier alpha value is -2.12. The summed E-state index contributed by atoms with van der Waals surface area (Å²) in [5.41, 5.74) is 1.76. The van der Waals surface area contributed by atoms with Crippen LogP contribution in [0.15, 0.2) is 52.1 Å². The first kappa shape index (κ1) is 17.3. The van der Waals surface area contributed by atoms with Crippen LogP contribution in [0.25, 0.3) is 11.1 Å². The molecule has 7 heteroatoms. The Morgan fingerprint density at radius 2 is 1.85 bits per heavy atom. The molecule has 0 amide bonds. The monoisotopic (exact) mass is 372 g/mol. The van der Waals surface area contributed by atoms with Crippen molar-refractivity contribution >= 4 is 28.7 Å². The van der Waals surface area contributed by atoms with Crippen LogP contribution in [0.5, 0.6) is 0 Å². The van der Waals surface area contributed by atoms with Gasteiger partial charge in [-0.15, -0.1) is 0 Å². The van der Waals surface area contributed by atoms with Crippen molar-refractivity contribution in [3.8, 4) is 0 Å². The lowest BCUT2D eigenvalue weighted by Crippen LogP contribution is -2.47. The Morgan fingerprint density at radius 1 is 1.00 bits per heavy atom. The van der Waals surface area contributed by atoms with Gasteiger partial charge in [0.1, 0.15) is 11.3 Å². The molecule has 26 heavy (non-hydrogen) atoms. The molecule has 0 aliphatic carbocycles. The number of pyridine rings is 1. The van der Waals surface area contributed by atoms with Crippen LogP contribution >= 0.6 is 11.8 Å². The molecule has 1 aliphatic heterocycles. The summed E-state index contributed by atoms with van der Waals surface area (Å²) >= 11 is 1.67. The highest BCUT2D eigenvalue weighted by Gasteiger charge is 2.18. The van der Waals surface area contributed by atoms with Gasteiger partial charge in [-0.3, -0.25) is 4.90 Å². The zero-order valence-electron chi connectivity index (χ0n) is 14.5. The number of halogens is 1. The first-order valence-electron chi connectivity index (χ1n) is 8.86. The number of hydrogen-bond acceptors (Lipinski definition) is 6. The average Bonchev–Trinajstić information content (AvgIpc) is 3.09. The average molecular weight is 372 g/mol. The minimum Gasteiger partial charge on any atom is -0.431 e. The van der Waals surface area contributed by atoms with Gasteiger partial charge in [-0.1, -0.05) is 30.0 Å². The van der Waals surface area contributed by atoms with Crippen LogP contribution in [0.3, 0.4) is 0 Å². The fourth-order valence-corrected chi connectivity index (χ4v) is 3.89. The lowest BCUT2D eigenvalue weighted by Gasteiger charge is -2.35. The van der Waals surface area contributed by atoms with Gasteiger partial charge in [0, 0.05) is 31.9 Å². The lowest BCUT2D eigenvalue weighted by molar-refractivity contribution is 0.258. The maximum absolute atomic E-state index is 13.2. The van der Waals surface area contributed by atoms with Crippen LogP contribution in [0.1, 0.15) is 6.42 Å². The molecule has 1 saturated heterocycles. The van der Waals surface area contributed by atoms with E-state index in [1.165, 1.54) is 6.07 Å². The summed E-state index contributed by atoms with van der Waals surface area (Å²) < 4.78 is 19.0. The summed E-state index contributed by atoms with van der Waals surface area (Å²) in [5, 5.41) is 0.744. The normalized spacial score (nSPS) is 15.7. The number of thioether (sulfide) groups is 1. The summed E-state index contributed by atoms with van der Waals surface area (Å²) in [5.74, 6) is 1.30. The Kier molecular flexibility index (Phi) is 5.36. The van der Waals surface area contributed by atoms with Gasteiger partial charge in [0.25, 0.3) is 5.22 Å². The van der Waals surface area contributed by atoms with E-state index in [-0.39, 0.29) is 0 Å². The standard InChI is InChI=1S/C19H21FN4OS/c20-17-7-3-8-18(22-17)24-12-10-23(11-13-24)9-4-14-26-19-21-15-5-1-2-6-16(15)25-19/h1-3,5-8H,4,9-14H2. The lowest BCUT2D eigenvalue weighted by atomic mass is 10.3. The number of oxazole rings is 1. The van der Waals surface area contributed by atoms with Crippen LogP contribution in [0.2, 0.25) is 0 Å². The van der Waals surface area contributed by atoms with Gasteiger partial charge < -0.3 is 9.32 Å². The van der Waals surface area contributed by atoms with Crippen molar-refractivity contribution in [3.63, 3.8) is 0 Å². The Balaban J connectivity index is 1.19. The summed E-state index contributed by atoms with van der Waals surface area (Å²) in [6.45, 7) is 4.78. The molecule has 1 fully saturated rings. The van der Waals surface area contributed by atoms with E-state index in [0.717, 1.165) is 67.0 Å². The Bertz CT molecular complexity index is 830. The number of benzene rings is 1. The molecule has 0 atom stereocenters. The Labute approximate surface area is 156 Å². The highest BCUT2D eigenvalue weighted by molar-refractivity contribution is 7.99. The Morgan fingerprint density at radius 3 is 2.65 bits per heavy atom. The summed E-state index contributed by atoms with van der Waals surface area (Å²) in [6, 6.07) is 12.8. The molecule has 3 aromatic rings. The molecule has 0 N–H and O–H groups in total. The summed E-state index contributed by atoms with van der Waals surface area (Å²) in [7, 11) is 0. The van der Waals surface area contributed by atoms with Gasteiger partial charge in [-0.25, -0.2) is 9.97 Å². The van der Waals surface area contributed by atoms with Gasteiger partial charge in [-0.2, -0.15) is 4.39 Å². The van der Waals surface area contributed by atoms with Gasteiger partial charge in [-0.05, 0) is 37.2 Å². The molecule has 5 nitrogen and oxygen atoms in total. The highest BCUT2D eigenvalue weighted by atomic mass is 32.2. The third-order valence-electron chi connectivity index (χ3n) is 4.52. The predicted molar refractivity (Wildman–Crippen MR) is 102 cm³/mol. The molecule has 0 unspecified atom stereocenters. The molecule has 0 saturated carbocycles. The molecular formula is C19H21FN4OS. The number of aromatic nitrogens is 2. The zero-order valence-corrected chi connectivity index (χ0v) is 15.3. The van der Waals surface area contributed by atoms with Crippen LogP contribution in [0, 0.1) is 5.95 Å². The zero-order chi connectivity index (χ0) is 17.8. The number of piperazine rings is 1. The molecule has 1 aliphatic rings. The maximum Gasteiger partial charge on any atom is 0.256 e. The second-order valence-corrected chi connectivity index (χ2v) is 7.34. The van der Waals surface area contributed by atoms with E-state index in [4.69, 9.17) is 4.42 Å². The van der Waals surface area contributed by atoms with Crippen molar-refractivity contribution in [2.24, 2.45) is 0 Å². The third-order valence-corrected chi connectivity index (χ3v) is 5.43. The fourth-order valence-electron chi connectivity index (χ4n) is 3.13. The second-order valence-electron chi connectivity index (χ2n) is 6.30. The number of hydrogen-bond donors (Lipinski definition) is 0. The highest BCUT2D eigenvalue weighted by Crippen LogP contribution is 2.23. The van der Waals surface area contributed by atoms with E-state index >= 15 is 0 Å². The van der Waals surface area contributed by atoms with Gasteiger partial charge >= 0.3 is 0 Å². The first-order chi connectivity index (χ1) is 12.8. The van der Waals surface area contributed by atoms with E-state index in [2.05, 4.69) is 19.8 Å². The molecule has 0 radical (unpaired) electrons. The number of rotatable bonds is 6. The SMILES string of the molecule is Fc1cccc(N2CCN(CCCSc3nc4ccccc4o3)CC2)n1. The van der Waals surface area contributed by atoms with E-state index in [1.54, 1.807) is 17.8 Å². The quantitative estimate of drug-likeness (QED) is 0.374. The largest absolute Gasteiger partial charge is 0.431 e. The number of fused-ring (bicyclic) bond motifs is 1. The van der Waals surface area contributed by atoms with Crippen molar-refractivity contribution in [2.45, 2.75) is 11.6 Å². The number of nitrogens with zero attached hydrogens (tertiary/aromatic N) is 4. The van der Waals surface area contributed by atoms with Crippen LogP contribution < -0.4 is 4.90 Å². The summed E-state index contributed by atoms with van der Waals surface area (Å²) in [6.07, 6.45) is 1.08. The molecule has 0 bridgehead atoms. The predicted octanol–water partition coefficient (Wildman–Crippen LogP) is 3.67. The number of para-hydroxylation sites is 2. The topological polar surface area (TPSA) is 45.4 Å². The molecule has 136 valence electrons. The molecule has 0 spiro atoms. The van der Waals surface area contributed by atoms with Crippen molar-refractivity contribution in [2.75, 3.05) is 43.4 Å². The van der Waals surface area contributed by atoms with Crippen molar-refractivity contribution < 1.29 is 8.81 Å². The van der Waals surface area contributed by atoms with Crippen LogP contribution in [-0.4, -0.2) is 53.3 Å². The second kappa shape index (κ2) is 8.05. The van der Waals surface area contributed by atoms with Crippen LogP contribution in [0.4, 0.5) is 10.2 Å². The molecule has 4 rings (SSSR count). The molecule has 1 aromatic carbocycles. The molecule has 3 heterocycles. The maximum atomic E-state index is 13.2. The van der Waals surface area contributed by atoms with Crippen LogP contribution in [-0.2, 0) is 0 Å². The smallest absolute Gasteiger partial charge is 0.256 e. The van der Waals surface area contributed by atoms with Crippen molar-refractivity contribution in [3.05, 3.63) is 48.4 Å². The van der Waals surface area contributed by atoms with E-state index in [0.29, 0.717) is 0 Å². The van der Waals surface area contributed by atoms with E-state index < -0.39 is 5.95 Å². The molecule has 2 aromatic heterocycles. The minimum atomic E-state index is -0.416. The fraction of sp³-hybridized carbons (Fsp3) is 0.368. The van der Waals surface area contributed by atoms with E-state index in [1.807, 2.05) is 30.3 Å². The molecular weight excluding hydrogens is 351 g/mol. The number of anilines is 1. The van der Waals surface area contributed by atoms with Gasteiger partial charge in [0.15, 0.2) is 5.58 Å². The van der Waals surface area contributed by atoms with Crippen molar-refractivity contribution in [1.29, 1.82) is 0 Å². The third kappa shape index (κ3) is 4.16. The van der Waals surface area contributed by atoms with E-state index in [9.17, 15) is 4.39 Å². The summed E-state index contributed by atoms with van der Waals surface area (Å²) in [4.78, 5) is 13.0. The first-order valence-corrected chi connectivity index (χ1v) is 9.85. The van der Waals surface area contributed by atoms with Gasteiger partial charge in [0.05, 0.1) is 0 Å². The minimum absolute atomic E-state index is 0.416. The van der Waals surface area contributed by atoms with Crippen molar-refractivity contribution in [1.82, 2.24) is 14.9 Å². The van der Waals surface area contributed by atoms with Gasteiger partial charge in [0.2, 0.25) is 5.95 Å².